The number of imide groups is 1. The highest BCUT2D eigenvalue weighted by Gasteiger charge is 2.59. The first-order valence-electron chi connectivity index (χ1n) is 13.0. The second kappa shape index (κ2) is 8.77. The monoisotopic (exact) mass is 538 g/mol. The minimum atomic E-state index is -1.17. The fourth-order valence-electron chi connectivity index (χ4n) is 5.87. The minimum Gasteiger partial charge on any atom is -0.497 e. The summed E-state index contributed by atoms with van der Waals surface area (Å²) in [5.41, 5.74) is 3.17. The van der Waals surface area contributed by atoms with E-state index >= 15 is 0 Å². The Balaban J connectivity index is 1.12. The Kier molecular flexibility index (Phi) is 5.28. The van der Waals surface area contributed by atoms with Gasteiger partial charge in [0.2, 0.25) is 6.79 Å². The van der Waals surface area contributed by atoms with Crippen molar-refractivity contribution in [2.75, 3.05) is 25.3 Å². The Morgan fingerprint density at radius 1 is 1.05 bits per heavy atom. The van der Waals surface area contributed by atoms with Gasteiger partial charge in [-0.3, -0.25) is 9.59 Å². The first kappa shape index (κ1) is 24.1. The average Bonchev–Trinajstić information content (AvgIpc) is 3.65. The molecule has 10 nitrogen and oxygen atoms in total. The van der Waals surface area contributed by atoms with Crippen LogP contribution >= 0.6 is 0 Å². The summed E-state index contributed by atoms with van der Waals surface area (Å²) in [5.74, 6) is 1.46. The lowest BCUT2D eigenvalue weighted by molar-refractivity contribution is -0.125. The Morgan fingerprint density at radius 2 is 1.85 bits per heavy atom. The summed E-state index contributed by atoms with van der Waals surface area (Å²) in [7, 11) is 1.62. The van der Waals surface area contributed by atoms with Crippen LogP contribution in [0.4, 0.5) is 10.5 Å². The zero-order valence-electron chi connectivity index (χ0n) is 21.9. The Morgan fingerprint density at radius 3 is 2.65 bits per heavy atom. The van der Waals surface area contributed by atoms with E-state index in [4.69, 9.17) is 14.2 Å². The lowest BCUT2D eigenvalue weighted by atomic mass is 9.87. The zero-order valence-corrected chi connectivity index (χ0v) is 21.9. The van der Waals surface area contributed by atoms with Gasteiger partial charge in [0.05, 0.1) is 18.5 Å². The molecule has 1 atom stereocenters. The normalized spacial score (nSPS) is 19.1. The third-order valence-electron chi connectivity index (χ3n) is 8.04. The number of methoxy groups -OCH3 is 1. The van der Waals surface area contributed by atoms with Gasteiger partial charge in [0.1, 0.15) is 5.75 Å². The van der Waals surface area contributed by atoms with E-state index in [9.17, 15) is 14.4 Å². The van der Waals surface area contributed by atoms with Gasteiger partial charge in [-0.15, -0.1) is 0 Å². The van der Waals surface area contributed by atoms with Crippen LogP contribution in [0, 0.1) is 0 Å². The van der Waals surface area contributed by atoms with Crippen LogP contribution < -0.4 is 24.4 Å². The summed E-state index contributed by atoms with van der Waals surface area (Å²) in [6, 6.07) is 17.4. The minimum absolute atomic E-state index is 0.189. The summed E-state index contributed by atoms with van der Waals surface area (Å²) in [6.45, 7) is 2.70. The predicted molar refractivity (Wildman–Crippen MR) is 146 cm³/mol. The van der Waals surface area contributed by atoms with E-state index in [-0.39, 0.29) is 24.6 Å². The molecule has 1 unspecified atom stereocenters. The number of ether oxygens (including phenoxy) is 3. The van der Waals surface area contributed by atoms with Crippen molar-refractivity contribution >= 4 is 34.4 Å². The van der Waals surface area contributed by atoms with Gasteiger partial charge in [0, 0.05) is 29.6 Å². The van der Waals surface area contributed by atoms with Crippen LogP contribution in [-0.2, 0) is 23.3 Å². The van der Waals surface area contributed by atoms with Crippen LogP contribution in [0.2, 0.25) is 0 Å². The molecule has 0 saturated carbocycles. The molecule has 4 aromatic rings. The number of nitrogens with zero attached hydrogens (tertiary/aromatic N) is 2. The number of fused-ring (bicyclic) bond motifs is 6. The van der Waals surface area contributed by atoms with Crippen molar-refractivity contribution < 1.29 is 28.6 Å². The molecule has 40 heavy (non-hydrogen) atoms. The molecule has 0 radical (unpaired) electrons. The average molecular weight is 539 g/mol. The maximum Gasteiger partial charge on any atom is 0.332 e. The number of H-pyrrole nitrogens is 1. The lowest BCUT2D eigenvalue weighted by Gasteiger charge is -2.35. The number of aromatic nitrogens is 1. The van der Waals surface area contributed by atoms with Gasteiger partial charge in [0.15, 0.2) is 17.0 Å². The van der Waals surface area contributed by atoms with Crippen molar-refractivity contribution in [2.45, 2.75) is 25.4 Å². The van der Waals surface area contributed by atoms with E-state index in [0.717, 1.165) is 33.5 Å². The Hall–Kier alpha value is -4.99. The van der Waals surface area contributed by atoms with E-state index < -0.39 is 5.54 Å². The molecular formula is C30H26N4O6. The number of anilines is 1. The Bertz CT molecular complexity index is 1710. The fourth-order valence-corrected chi connectivity index (χ4v) is 5.87. The van der Waals surface area contributed by atoms with Crippen LogP contribution in [0.25, 0.3) is 10.9 Å². The second-order valence-electron chi connectivity index (χ2n) is 10.2. The van der Waals surface area contributed by atoms with E-state index in [1.165, 1.54) is 4.90 Å². The van der Waals surface area contributed by atoms with Gasteiger partial charge in [-0.2, -0.15) is 0 Å². The van der Waals surface area contributed by atoms with Crippen molar-refractivity contribution in [1.82, 2.24) is 15.2 Å². The summed E-state index contributed by atoms with van der Waals surface area (Å²) in [6.07, 6.45) is 0.618. The molecule has 1 fully saturated rings. The number of nitrogens with one attached hydrogen (secondary N) is 2. The molecular weight excluding hydrogens is 512 g/mol. The fraction of sp³-hybridized carbons (Fsp3) is 0.233. The summed E-state index contributed by atoms with van der Waals surface area (Å²) in [4.78, 5) is 46.5. The van der Waals surface area contributed by atoms with Gasteiger partial charge in [-0.1, -0.05) is 6.07 Å². The van der Waals surface area contributed by atoms with Crippen molar-refractivity contribution in [3.05, 3.63) is 83.0 Å². The largest absolute Gasteiger partial charge is 0.497 e. The highest BCUT2D eigenvalue weighted by atomic mass is 16.7. The molecule has 2 N–H and O–H groups in total. The first-order chi connectivity index (χ1) is 19.4. The quantitative estimate of drug-likeness (QED) is 0.371. The third-order valence-corrected chi connectivity index (χ3v) is 8.04. The molecule has 4 heterocycles. The molecule has 1 saturated heterocycles. The molecule has 3 aliphatic rings. The number of amides is 4. The highest BCUT2D eigenvalue weighted by Crippen LogP contribution is 2.45. The Labute approximate surface area is 229 Å². The van der Waals surface area contributed by atoms with E-state index in [0.29, 0.717) is 42.3 Å². The van der Waals surface area contributed by atoms with Crippen molar-refractivity contribution in [3.63, 3.8) is 0 Å². The van der Waals surface area contributed by atoms with Crippen LogP contribution in [0.15, 0.2) is 60.7 Å². The summed E-state index contributed by atoms with van der Waals surface area (Å²) in [5, 5.41) is 3.88. The van der Waals surface area contributed by atoms with Crippen molar-refractivity contribution in [1.29, 1.82) is 0 Å². The van der Waals surface area contributed by atoms with E-state index in [1.807, 2.05) is 36.4 Å². The standard InChI is InChI=1S/C30H26N4O6/c1-30-26-21(22-14-20(38-2)8-9-23(22)32-26)11-12-33(30)29(37)34(28(30)36)19-6-4-18(5-7-19)27(35)31-15-17-3-10-24-25(13-17)40-16-39-24/h3-10,13-14,32H,11-12,15-16H2,1-2H3,(H,31,35). The molecule has 7 rings (SSSR count). The highest BCUT2D eigenvalue weighted by molar-refractivity contribution is 6.23. The van der Waals surface area contributed by atoms with Crippen LogP contribution in [0.1, 0.15) is 34.1 Å². The molecule has 202 valence electrons. The van der Waals surface area contributed by atoms with Gasteiger partial charge in [-0.25, -0.2) is 9.69 Å². The SMILES string of the molecule is COc1ccc2[nH]c3c(c2c1)CCN1C(=O)N(c2ccc(C(=O)NCc4ccc5c(c4)OCO5)cc2)C(=O)C31C. The first-order valence-corrected chi connectivity index (χ1v) is 13.0. The number of benzene rings is 3. The predicted octanol–water partition coefficient (Wildman–Crippen LogP) is 4.08. The topological polar surface area (TPSA) is 113 Å². The van der Waals surface area contributed by atoms with Gasteiger partial charge in [0.25, 0.3) is 11.8 Å². The van der Waals surface area contributed by atoms with Crippen molar-refractivity contribution in [2.24, 2.45) is 0 Å². The molecule has 4 amide bonds. The number of hydrogen-bond acceptors (Lipinski definition) is 6. The number of carbonyl (C=O) groups excluding carboxylic acids is 3. The lowest BCUT2D eigenvalue weighted by Crippen LogP contribution is -2.49. The molecule has 3 aromatic carbocycles. The number of aromatic amines is 1. The van der Waals surface area contributed by atoms with Crippen LogP contribution in [0.3, 0.4) is 0 Å². The van der Waals surface area contributed by atoms with Gasteiger partial charge >= 0.3 is 6.03 Å². The number of rotatable bonds is 5. The maximum atomic E-state index is 13.9. The molecule has 1 aromatic heterocycles. The van der Waals surface area contributed by atoms with Crippen molar-refractivity contribution in [3.8, 4) is 17.2 Å². The molecule has 10 heteroatoms. The van der Waals surface area contributed by atoms with Gasteiger partial charge in [-0.05, 0) is 79.1 Å². The molecule has 0 spiro atoms. The number of hydrogen-bond donors (Lipinski definition) is 2. The van der Waals surface area contributed by atoms with E-state index in [1.54, 1.807) is 43.2 Å². The van der Waals surface area contributed by atoms with Crippen LogP contribution in [-0.4, -0.2) is 48.2 Å². The second-order valence-corrected chi connectivity index (χ2v) is 10.2. The molecule has 0 aliphatic carbocycles. The number of carbonyl (C=O) groups is 3. The van der Waals surface area contributed by atoms with Gasteiger partial charge < -0.3 is 29.4 Å². The maximum absolute atomic E-state index is 13.9. The zero-order chi connectivity index (χ0) is 27.6. The van der Waals surface area contributed by atoms with E-state index in [2.05, 4.69) is 10.3 Å². The third kappa shape index (κ3) is 3.45. The molecule has 3 aliphatic heterocycles. The number of urea groups is 1. The van der Waals surface area contributed by atoms with Crippen LogP contribution in [0.5, 0.6) is 17.2 Å². The summed E-state index contributed by atoms with van der Waals surface area (Å²) < 4.78 is 16.1. The summed E-state index contributed by atoms with van der Waals surface area (Å²) >= 11 is 0. The smallest absolute Gasteiger partial charge is 0.332 e. The molecule has 0 bridgehead atoms.